The van der Waals surface area contributed by atoms with Gasteiger partial charge in [-0.2, -0.15) is 0 Å². The van der Waals surface area contributed by atoms with E-state index in [1.54, 1.807) is 0 Å². The van der Waals surface area contributed by atoms with Crippen LogP contribution >= 0.6 is 7.60 Å². The SMILES string of the molecule is Cc1ccc2c(c1)C(C)(C)c1cc(C)ccc1N2CCCCP(=O)(O)O. The van der Waals surface area contributed by atoms with Crippen LogP contribution in [0.1, 0.15) is 48.9 Å². The molecule has 0 saturated heterocycles. The van der Waals surface area contributed by atoms with E-state index in [1.807, 2.05) is 0 Å². The van der Waals surface area contributed by atoms with Crippen molar-refractivity contribution in [2.24, 2.45) is 0 Å². The minimum Gasteiger partial charge on any atom is -0.341 e. The van der Waals surface area contributed by atoms with E-state index in [-0.39, 0.29) is 11.6 Å². The maximum atomic E-state index is 11.1. The maximum Gasteiger partial charge on any atom is 0.325 e. The van der Waals surface area contributed by atoms with Gasteiger partial charge in [0.25, 0.3) is 0 Å². The highest BCUT2D eigenvalue weighted by molar-refractivity contribution is 7.51. The van der Waals surface area contributed by atoms with E-state index in [1.165, 1.54) is 33.6 Å². The molecule has 1 aliphatic heterocycles. The summed E-state index contributed by atoms with van der Waals surface area (Å²) in [6.07, 6.45) is 1.21. The Hall–Kier alpha value is -1.61. The fraction of sp³-hybridized carbons (Fsp3) is 0.429. The van der Waals surface area contributed by atoms with Crippen LogP contribution in [-0.4, -0.2) is 22.5 Å². The monoisotopic (exact) mass is 373 g/mol. The molecule has 2 aromatic carbocycles. The second-order valence-corrected chi connectivity index (χ2v) is 9.69. The summed E-state index contributed by atoms with van der Waals surface area (Å²) in [7, 11) is -3.92. The van der Waals surface area contributed by atoms with Crippen molar-refractivity contribution in [1.29, 1.82) is 0 Å². The highest BCUT2D eigenvalue weighted by Gasteiger charge is 2.36. The lowest BCUT2D eigenvalue weighted by Gasteiger charge is -2.42. The average Bonchev–Trinajstić information content (AvgIpc) is 2.54. The third-order valence-corrected chi connectivity index (χ3v) is 6.21. The van der Waals surface area contributed by atoms with Crippen molar-refractivity contribution < 1.29 is 14.4 Å². The topological polar surface area (TPSA) is 60.8 Å². The van der Waals surface area contributed by atoms with Crippen LogP contribution < -0.4 is 4.90 Å². The van der Waals surface area contributed by atoms with E-state index in [0.29, 0.717) is 6.42 Å². The van der Waals surface area contributed by atoms with Crippen LogP contribution in [0.2, 0.25) is 0 Å². The van der Waals surface area contributed by atoms with Gasteiger partial charge in [0.05, 0.1) is 0 Å². The number of rotatable bonds is 5. The van der Waals surface area contributed by atoms with Gasteiger partial charge >= 0.3 is 7.60 Å². The van der Waals surface area contributed by atoms with Crippen molar-refractivity contribution in [1.82, 2.24) is 0 Å². The van der Waals surface area contributed by atoms with Gasteiger partial charge in [-0.1, -0.05) is 49.2 Å². The van der Waals surface area contributed by atoms with Crippen LogP contribution in [0.3, 0.4) is 0 Å². The van der Waals surface area contributed by atoms with Crippen LogP contribution in [0, 0.1) is 13.8 Å². The first-order valence-electron chi connectivity index (χ1n) is 9.14. The van der Waals surface area contributed by atoms with E-state index in [9.17, 15) is 4.57 Å². The second-order valence-electron chi connectivity index (χ2n) is 7.91. The number of hydrogen-bond acceptors (Lipinski definition) is 2. The van der Waals surface area contributed by atoms with Gasteiger partial charge < -0.3 is 14.7 Å². The van der Waals surface area contributed by atoms with Crippen LogP contribution in [0.5, 0.6) is 0 Å². The van der Waals surface area contributed by atoms with Gasteiger partial charge in [-0.3, -0.25) is 4.57 Å². The number of fused-ring (bicyclic) bond motifs is 2. The summed E-state index contributed by atoms with van der Waals surface area (Å²) in [5, 5.41) is 0. The highest BCUT2D eigenvalue weighted by atomic mass is 31.2. The Morgan fingerprint density at radius 1 is 0.923 bits per heavy atom. The molecule has 1 aliphatic rings. The third-order valence-electron chi connectivity index (χ3n) is 5.31. The summed E-state index contributed by atoms with van der Waals surface area (Å²) < 4.78 is 11.1. The maximum absolute atomic E-state index is 11.1. The van der Waals surface area contributed by atoms with Gasteiger partial charge in [0.15, 0.2) is 0 Å². The Morgan fingerprint density at radius 3 is 1.88 bits per heavy atom. The fourth-order valence-corrected chi connectivity index (χ4v) is 4.51. The Labute approximate surface area is 156 Å². The number of aryl methyl sites for hydroxylation is 2. The van der Waals surface area contributed by atoms with Crippen LogP contribution in [-0.2, 0) is 9.98 Å². The lowest BCUT2D eigenvalue weighted by atomic mass is 9.73. The molecular formula is C21H28NO3P. The summed E-state index contributed by atoms with van der Waals surface area (Å²) in [5.41, 5.74) is 7.44. The lowest BCUT2D eigenvalue weighted by molar-refractivity contribution is 0.371. The van der Waals surface area contributed by atoms with Crippen molar-refractivity contribution >= 4 is 19.0 Å². The number of unbranched alkanes of at least 4 members (excludes halogenated alkanes) is 1. The number of nitrogens with zero attached hydrogens (tertiary/aromatic N) is 1. The van der Waals surface area contributed by atoms with Gasteiger partial charge in [-0.15, -0.1) is 0 Å². The minimum atomic E-state index is -3.92. The molecular weight excluding hydrogens is 345 g/mol. The molecule has 1 heterocycles. The molecule has 0 fully saturated rings. The van der Waals surface area contributed by atoms with E-state index in [2.05, 4.69) is 69.0 Å². The van der Waals surface area contributed by atoms with Crippen molar-refractivity contribution in [3.05, 3.63) is 58.7 Å². The molecule has 0 bridgehead atoms. The molecule has 0 aliphatic carbocycles. The number of anilines is 2. The van der Waals surface area contributed by atoms with Crippen molar-refractivity contribution in [3.63, 3.8) is 0 Å². The van der Waals surface area contributed by atoms with Gasteiger partial charge in [-0.05, 0) is 49.9 Å². The zero-order valence-electron chi connectivity index (χ0n) is 16.0. The van der Waals surface area contributed by atoms with Crippen molar-refractivity contribution in [3.8, 4) is 0 Å². The summed E-state index contributed by atoms with van der Waals surface area (Å²) in [6, 6.07) is 13.2. The summed E-state index contributed by atoms with van der Waals surface area (Å²) >= 11 is 0. The Bertz CT molecular complexity index is 814. The molecule has 0 saturated carbocycles. The highest BCUT2D eigenvalue weighted by Crippen LogP contribution is 2.49. The fourth-order valence-electron chi connectivity index (χ4n) is 3.88. The van der Waals surface area contributed by atoms with E-state index >= 15 is 0 Å². The molecule has 0 unspecified atom stereocenters. The van der Waals surface area contributed by atoms with E-state index < -0.39 is 7.60 Å². The molecule has 0 aromatic heterocycles. The first-order chi connectivity index (χ1) is 12.1. The lowest BCUT2D eigenvalue weighted by Crippen LogP contribution is -2.33. The summed E-state index contributed by atoms with van der Waals surface area (Å²) in [6.45, 7) is 9.53. The molecule has 0 radical (unpaired) electrons. The van der Waals surface area contributed by atoms with Crippen LogP contribution in [0.25, 0.3) is 0 Å². The average molecular weight is 373 g/mol. The second kappa shape index (κ2) is 6.84. The third kappa shape index (κ3) is 3.73. The summed E-state index contributed by atoms with van der Waals surface area (Å²) in [4.78, 5) is 20.5. The van der Waals surface area contributed by atoms with Crippen molar-refractivity contribution in [2.75, 3.05) is 17.6 Å². The first-order valence-corrected chi connectivity index (χ1v) is 10.9. The Balaban J connectivity index is 1.99. The molecule has 26 heavy (non-hydrogen) atoms. The zero-order valence-corrected chi connectivity index (χ0v) is 16.9. The Kier molecular flexibility index (Phi) is 5.04. The standard InChI is InChI=1S/C21H28NO3P/c1-15-7-9-19-17(13-15)21(3,4)18-14-16(2)8-10-20(18)22(19)11-5-6-12-26(23,24)25/h7-10,13-14H,5-6,11-12H2,1-4H3,(H2,23,24,25). The van der Waals surface area contributed by atoms with Gasteiger partial charge in [0.2, 0.25) is 0 Å². The molecule has 2 N–H and O–H groups in total. The van der Waals surface area contributed by atoms with Crippen LogP contribution in [0.4, 0.5) is 11.4 Å². The van der Waals surface area contributed by atoms with Crippen molar-refractivity contribution in [2.45, 2.75) is 46.0 Å². The first kappa shape index (κ1) is 19.2. The molecule has 0 atom stereocenters. The molecule has 5 heteroatoms. The molecule has 2 aromatic rings. The smallest absolute Gasteiger partial charge is 0.325 e. The Morgan fingerprint density at radius 2 is 1.42 bits per heavy atom. The quantitative estimate of drug-likeness (QED) is 0.569. The molecule has 140 valence electrons. The van der Waals surface area contributed by atoms with Gasteiger partial charge in [-0.25, -0.2) is 0 Å². The number of benzene rings is 2. The molecule has 0 amide bonds. The van der Waals surface area contributed by atoms with Gasteiger partial charge in [0, 0.05) is 29.5 Å². The zero-order chi connectivity index (χ0) is 19.1. The number of hydrogen-bond donors (Lipinski definition) is 2. The largest absolute Gasteiger partial charge is 0.341 e. The summed E-state index contributed by atoms with van der Waals surface area (Å²) in [5.74, 6) is 0. The molecule has 3 rings (SSSR count). The molecule has 0 spiro atoms. The predicted molar refractivity (Wildman–Crippen MR) is 108 cm³/mol. The molecule has 4 nitrogen and oxygen atoms in total. The van der Waals surface area contributed by atoms with E-state index in [0.717, 1.165) is 13.0 Å². The van der Waals surface area contributed by atoms with E-state index in [4.69, 9.17) is 9.79 Å². The normalized spacial score (nSPS) is 15.5. The predicted octanol–water partition coefficient (Wildman–Crippen LogP) is 5.04. The minimum absolute atomic E-state index is 0.0478. The van der Waals surface area contributed by atoms with Gasteiger partial charge in [0.1, 0.15) is 0 Å². The van der Waals surface area contributed by atoms with Crippen LogP contribution in [0.15, 0.2) is 36.4 Å².